The molecule has 0 spiro atoms. The van der Waals surface area contributed by atoms with E-state index >= 15 is 0 Å². The van der Waals surface area contributed by atoms with Gasteiger partial charge in [0.1, 0.15) is 5.75 Å². The highest BCUT2D eigenvalue weighted by molar-refractivity contribution is 5.78. The van der Waals surface area contributed by atoms with Crippen LogP contribution in [0.15, 0.2) is 24.3 Å². The molecule has 0 saturated heterocycles. The molecular weight excluding hydrogens is 272 g/mol. The van der Waals surface area contributed by atoms with Gasteiger partial charge in [-0.05, 0) is 44.4 Å². The van der Waals surface area contributed by atoms with E-state index in [0.717, 1.165) is 18.4 Å². The first-order valence-electron chi connectivity index (χ1n) is 6.82. The molecule has 5 heteroatoms. The van der Waals surface area contributed by atoms with Crippen LogP contribution in [0.5, 0.6) is 5.75 Å². The Hall–Kier alpha value is -2.04. The Balaban J connectivity index is 2.54. The molecule has 1 rings (SSSR count). The zero-order valence-corrected chi connectivity index (χ0v) is 13.0. The molecule has 0 aliphatic rings. The lowest BCUT2D eigenvalue weighted by Gasteiger charge is -2.23. The van der Waals surface area contributed by atoms with Crippen molar-refractivity contribution in [3.63, 3.8) is 0 Å². The summed E-state index contributed by atoms with van der Waals surface area (Å²) >= 11 is 0. The second-order valence-electron chi connectivity index (χ2n) is 5.18. The molecule has 0 amide bonds. The quantitative estimate of drug-likeness (QED) is 0.723. The smallest absolute Gasteiger partial charge is 0.349 e. The number of methoxy groups -OCH3 is 2. The molecule has 0 aliphatic heterocycles. The molecule has 0 fully saturated rings. The van der Waals surface area contributed by atoms with E-state index in [9.17, 15) is 9.59 Å². The van der Waals surface area contributed by atoms with Crippen LogP contribution in [0.1, 0.15) is 32.3 Å². The Morgan fingerprint density at radius 1 is 1.05 bits per heavy atom. The molecule has 0 aromatic heterocycles. The number of rotatable bonds is 7. The van der Waals surface area contributed by atoms with Crippen molar-refractivity contribution < 1.29 is 23.8 Å². The second kappa shape index (κ2) is 7.67. The fourth-order valence-corrected chi connectivity index (χ4v) is 1.85. The first kappa shape index (κ1) is 17.0. The summed E-state index contributed by atoms with van der Waals surface area (Å²) in [6.45, 7) is 3.31. The van der Waals surface area contributed by atoms with Crippen molar-refractivity contribution in [1.82, 2.24) is 0 Å². The van der Waals surface area contributed by atoms with Crippen molar-refractivity contribution in [3.8, 4) is 5.75 Å². The largest absolute Gasteiger partial charge is 0.476 e. The summed E-state index contributed by atoms with van der Waals surface area (Å²) in [5, 5.41) is 0. The lowest BCUT2D eigenvalue weighted by molar-refractivity contribution is -0.156. The van der Waals surface area contributed by atoms with Crippen LogP contribution in [0.25, 0.3) is 0 Å². The van der Waals surface area contributed by atoms with E-state index in [0.29, 0.717) is 12.2 Å². The fourth-order valence-electron chi connectivity index (χ4n) is 1.85. The Morgan fingerprint density at radius 2 is 1.67 bits per heavy atom. The van der Waals surface area contributed by atoms with Crippen LogP contribution in [0.3, 0.4) is 0 Å². The van der Waals surface area contributed by atoms with Crippen LogP contribution in [-0.4, -0.2) is 31.8 Å². The molecule has 5 nitrogen and oxygen atoms in total. The molecule has 1 aromatic carbocycles. The summed E-state index contributed by atoms with van der Waals surface area (Å²) in [5.41, 5.74) is 0.0726. The van der Waals surface area contributed by atoms with Crippen molar-refractivity contribution in [2.75, 3.05) is 14.2 Å². The van der Waals surface area contributed by atoms with Crippen molar-refractivity contribution >= 4 is 11.9 Å². The molecule has 21 heavy (non-hydrogen) atoms. The first-order valence-corrected chi connectivity index (χ1v) is 6.82. The summed E-state index contributed by atoms with van der Waals surface area (Å²) in [5.74, 6) is -0.0263. The minimum atomic E-state index is -1.03. The lowest BCUT2D eigenvalue weighted by Crippen LogP contribution is -2.39. The Morgan fingerprint density at radius 3 is 2.19 bits per heavy atom. The standard InChI is InChI=1S/C16H22O5/c1-16(2,15(18)20-4)21-13-10-8-12(9-11-13)6-5-7-14(17)19-3/h8-11H,5-7H2,1-4H3. The molecule has 0 saturated carbocycles. The number of hydrogen-bond donors (Lipinski definition) is 0. The van der Waals surface area contributed by atoms with Gasteiger partial charge in [0, 0.05) is 6.42 Å². The summed E-state index contributed by atoms with van der Waals surface area (Å²) in [7, 11) is 2.72. The van der Waals surface area contributed by atoms with Crippen molar-refractivity contribution in [3.05, 3.63) is 29.8 Å². The monoisotopic (exact) mass is 294 g/mol. The lowest BCUT2D eigenvalue weighted by atomic mass is 10.1. The van der Waals surface area contributed by atoms with Gasteiger partial charge in [-0.1, -0.05) is 12.1 Å². The van der Waals surface area contributed by atoms with Crippen molar-refractivity contribution in [1.29, 1.82) is 0 Å². The maximum Gasteiger partial charge on any atom is 0.349 e. The predicted molar refractivity (Wildman–Crippen MR) is 78.1 cm³/mol. The third kappa shape index (κ3) is 5.45. The number of benzene rings is 1. The average Bonchev–Trinajstić information content (AvgIpc) is 2.47. The summed E-state index contributed by atoms with van der Waals surface area (Å²) in [6, 6.07) is 7.44. The van der Waals surface area contributed by atoms with Gasteiger partial charge in [0.05, 0.1) is 14.2 Å². The van der Waals surface area contributed by atoms with Gasteiger partial charge < -0.3 is 14.2 Å². The highest BCUT2D eigenvalue weighted by atomic mass is 16.6. The number of ether oxygens (including phenoxy) is 3. The number of hydrogen-bond acceptors (Lipinski definition) is 5. The summed E-state index contributed by atoms with van der Waals surface area (Å²) < 4.78 is 14.9. The zero-order chi connectivity index (χ0) is 15.9. The van der Waals surface area contributed by atoms with Crippen molar-refractivity contribution in [2.45, 2.75) is 38.7 Å². The van der Waals surface area contributed by atoms with Gasteiger partial charge in [-0.15, -0.1) is 0 Å². The topological polar surface area (TPSA) is 61.8 Å². The van der Waals surface area contributed by atoms with Gasteiger partial charge in [-0.25, -0.2) is 4.79 Å². The summed E-state index contributed by atoms with van der Waals surface area (Å²) in [6.07, 6.45) is 1.93. The van der Waals surface area contributed by atoms with Crippen LogP contribution >= 0.6 is 0 Å². The van der Waals surface area contributed by atoms with E-state index in [1.54, 1.807) is 26.0 Å². The second-order valence-corrected chi connectivity index (χ2v) is 5.18. The van der Waals surface area contributed by atoms with Gasteiger partial charge in [0.2, 0.25) is 0 Å². The molecule has 0 heterocycles. The van der Waals surface area contributed by atoms with Crippen LogP contribution < -0.4 is 4.74 Å². The molecule has 0 atom stereocenters. The maximum atomic E-state index is 11.5. The molecule has 116 valence electrons. The van der Waals surface area contributed by atoms with E-state index < -0.39 is 11.6 Å². The minimum absolute atomic E-state index is 0.199. The van der Waals surface area contributed by atoms with E-state index in [4.69, 9.17) is 4.74 Å². The van der Waals surface area contributed by atoms with Crippen LogP contribution in [-0.2, 0) is 25.5 Å². The van der Waals surface area contributed by atoms with E-state index in [-0.39, 0.29) is 5.97 Å². The van der Waals surface area contributed by atoms with E-state index in [1.807, 2.05) is 12.1 Å². The number of aryl methyl sites for hydroxylation is 1. The number of esters is 2. The highest BCUT2D eigenvalue weighted by Crippen LogP contribution is 2.20. The first-order chi connectivity index (χ1) is 9.89. The molecule has 0 unspecified atom stereocenters. The van der Waals surface area contributed by atoms with Gasteiger partial charge in [0.15, 0.2) is 5.60 Å². The third-order valence-electron chi connectivity index (χ3n) is 3.05. The van der Waals surface area contributed by atoms with Crippen LogP contribution in [0.2, 0.25) is 0 Å². The molecular formula is C16H22O5. The van der Waals surface area contributed by atoms with Crippen LogP contribution in [0, 0.1) is 0 Å². The SMILES string of the molecule is COC(=O)CCCc1ccc(OC(C)(C)C(=O)OC)cc1. The Labute approximate surface area is 125 Å². The zero-order valence-electron chi connectivity index (χ0n) is 13.0. The van der Waals surface area contributed by atoms with Gasteiger partial charge in [-0.3, -0.25) is 4.79 Å². The Kier molecular flexibility index (Phi) is 6.21. The van der Waals surface area contributed by atoms with Gasteiger partial charge in [0.25, 0.3) is 0 Å². The molecule has 0 radical (unpaired) electrons. The molecule has 0 aliphatic carbocycles. The fraction of sp³-hybridized carbons (Fsp3) is 0.500. The normalized spacial score (nSPS) is 10.9. The highest BCUT2D eigenvalue weighted by Gasteiger charge is 2.30. The molecule has 0 bridgehead atoms. The number of carbonyl (C=O) groups is 2. The Bertz CT molecular complexity index is 476. The molecule has 1 aromatic rings. The van der Waals surface area contributed by atoms with E-state index in [1.165, 1.54) is 14.2 Å². The van der Waals surface area contributed by atoms with E-state index in [2.05, 4.69) is 9.47 Å². The number of carbonyl (C=O) groups excluding carboxylic acids is 2. The average molecular weight is 294 g/mol. The minimum Gasteiger partial charge on any atom is -0.476 e. The summed E-state index contributed by atoms with van der Waals surface area (Å²) in [4.78, 5) is 22.6. The predicted octanol–water partition coefficient (Wildman–Crippen LogP) is 2.51. The van der Waals surface area contributed by atoms with Crippen molar-refractivity contribution in [2.24, 2.45) is 0 Å². The molecule has 0 N–H and O–H groups in total. The van der Waals surface area contributed by atoms with Gasteiger partial charge >= 0.3 is 11.9 Å². The maximum absolute atomic E-state index is 11.5. The third-order valence-corrected chi connectivity index (χ3v) is 3.05. The van der Waals surface area contributed by atoms with Crippen LogP contribution in [0.4, 0.5) is 0 Å². The van der Waals surface area contributed by atoms with Gasteiger partial charge in [-0.2, -0.15) is 0 Å².